The highest BCUT2D eigenvalue weighted by Gasteiger charge is 2.13. The number of aromatic nitrogens is 1. The molecule has 0 radical (unpaired) electrons. The highest BCUT2D eigenvalue weighted by Crippen LogP contribution is 2.35. The number of hydrogen-bond donors (Lipinski definition) is 1. The average Bonchev–Trinajstić information content (AvgIpc) is 3.10. The zero-order chi connectivity index (χ0) is 17.2. The summed E-state index contributed by atoms with van der Waals surface area (Å²) in [6, 6.07) is 10.4. The van der Waals surface area contributed by atoms with Crippen LogP contribution in [-0.4, -0.2) is 25.3 Å². The lowest BCUT2D eigenvalue weighted by molar-refractivity contribution is 0.171. The maximum atomic E-state index is 13.9. The minimum Gasteiger partial charge on any atom is -0.494 e. The molecule has 0 bridgehead atoms. The van der Waals surface area contributed by atoms with Gasteiger partial charge < -0.3 is 19.5 Å². The lowest BCUT2D eigenvalue weighted by Gasteiger charge is -2.18. The van der Waals surface area contributed by atoms with Gasteiger partial charge in [0.05, 0.1) is 12.8 Å². The van der Waals surface area contributed by atoms with Crippen LogP contribution in [0.25, 0.3) is 11.3 Å². The van der Waals surface area contributed by atoms with E-state index in [1.54, 1.807) is 12.1 Å². The number of halogens is 1. The first-order valence-corrected chi connectivity index (χ1v) is 8.57. The van der Waals surface area contributed by atoms with Crippen molar-refractivity contribution >= 4 is 22.2 Å². The monoisotopic (exact) mass is 358 g/mol. The van der Waals surface area contributed by atoms with Crippen LogP contribution in [-0.2, 0) is 0 Å². The number of fused-ring (bicyclic) bond motifs is 1. The Labute approximate surface area is 148 Å². The summed E-state index contributed by atoms with van der Waals surface area (Å²) in [7, 11) is 1.44. The molecule has 1 aromatic heterocycles. The van der Waals surface area contributed by atoms with Gasteiger partial charge >= 0.3 is 0 Å². The summed E-state index contributed by atoms with van der Waals surface area (Å²) in [5, 5.41) is 5.82. The molecule has 7 heteroatoms. The van der Waals surface area contributed by atoms with E-state index in [0.717, 1.165) is 11.4 Å². The van der Waals surface area contributed by atoms with Crippen molar-refractivity contribution in [3.63, 3.8) is 0 Å². The van der Waals surface area contributed by atoms with Gasteiger partial charge in [0.2, 0.25) is 0 Å². The number of ether oxygens (including phenoxy) is 3. The second-order valence-corrected chi connectivity index (χ2v) is 6.23. The molecule has 128 valence electrons. The summed E-state index contributed by atoms with van der Waals surface area (Å²) in [6.07, 6.45) is 0. The highest BCUT2D eigenvalue weighted by atomic mass is 32.1. The predicted molar refractivity (Wildman–Crippen MR) is 94.8 cm³/mol. The van der Waals surface area contributed by atoms with Gasteiger partial charge in [-0.3, -0.25) is 0 Å². The van der Waals surface area contributed by atoms with Crippen molar-refractivity contribution in [3.8, 4) is 28.5 Å². The maximum Gasteiger partial charge on any atom is 0.187 e. The van der Waals surface area contributed by atoms with Gasteiger partial charge in [-0.25, -0.2) is 9.37 Å². The van der Waals surface area contributed by atoms with Gasteiger partial charge in [0.25, 0.3) is 0 Å². The molecule has 1 N–H and O–H groups in total. The van der Waals surface area contributed by atoms with Gasteiger partial charge in [0.1, 0.15) is 13.2 Å². The molecule has 1 aliphatic heterocycles. The lowest BCUT2D eigenvalue weighted by atomic mass is 10.1. The second kappa shape index (κ2) is 6.60. The van der Waals surface area contributed by atoms with Gasteiger partial charge in [-0.15, -0.1) is 11.3 Å². The third-order valence-corrected chi connectivity index (χ3v) is 4.50. The molecule has 1 aliphatic rings. The number of nitrogens with zero attached hydrogens (tertiary/aromatic N) is 1. The zero-order valence-corrected chi connectivity index (χ0v) is 14.2. The van der Waals surface area contributed by atoms with Gasteiger partial charge in [-0.1, -0.05) is 0 Å². The fourth-order valence-electron chi connectivity index (χ4n) is 2.53. The molecule has 0 saturated heterocycles. The third-order valence-electron chi connectivity index (χ3n) is 3.75. The number of anilines is 2. The quantitative estimate of drug-likeness (QED) is 0.746. The van der Waals surface area contributed by atoms with Gasteiger partial charge in [-0.05, 0) is 30.3 Å². The Kier molecular flexibility index (Phi) is 4.15. The molecular formula is C18H15FN2O3S. The van der Waals surface area contributed by atoms with Crippen molar-refractivity contribution in [1.29, 1.82) is 0 Å². The van der Waals surface area contributed by atoms with E-state index >= 15 is 0 Å². The Hall–Kier alpha value is -2.80. The fraction of sp³-hybridized carbons (Fsp3) is 0.167. The molecule has 0 unspecified atom stereocenters. The SMILES string of the molecule is COc1ccc(-c2csc(Nc3ccc4c(c3)OCCO4)n2)cc1F. The highest BCUT2D eigenvalue weighted by molar-refractivity contribution is 7.14. The van der Waals surface area contributed by atoms with E-state index in [1.807, 2.05) is 23.6 Å². The molecule has 4 rings (SSSR count). The lowest BCUT2D eigenvalue weighted by Crippen LogP contribution is -2.15. The number of benzene rings is 2. The molecule has 0 amide bonds. The number of nitrogens with one attached hydrogen (secondary N) is 1. The van der Waals surface area contributed by atoms with E-state index in [1.165, 1.54) is 24.5 Å². The molecular weight excluding hydrogens is 343 g/mol. The van der Waals surface area contributed by atoms with Crippen molar-refractivity contribution in [2.75, 3.05) is 25.6 Å². The van der Waals surface area contributed by atoms with Gasteiger partial charge in [0.15, 0.2) is 28.2 Å². The Balaban J connectivity index is 1.54. The van der Waals surface area contributed by atoms with Crippen LogP contribution in [0.4, 0.5) is 15.2 Å². The Bertz CT molecular complexity index is 913. The van der Waals surface area contributed by atoms with Crippen molar-refractivity contribution in [3.05, 3.63) is 47.6 Å². The van der Waals surface area contributed by atoms with Crippen LogP contribution >= 0.6 is 11.3 Å². The Morgan fingerprint density at radius 2 is 1.96 bits per heavy atom. The van der Waals surface area contributed by atoms with Crippen molar-refractivity contribution in [1.82, 2.24) is 4.98 Å². The van der Waals surface area contributed by atoms with Gasteiger partial charge in [-0.2, -0.15) is 0 Å². The molecule has 0 spiro atoms. The molecule has 0 fully saturated rings. The summed E-state index contributed by atoms with van der Waals surface area (Å²) in [6.45, 7) is 1.11. The van der Waals surface area contributed by atoms with E-state index in [0.29, 0.717) is 35.4 Å². The van der Waals surface area contributed by atoms with Crippen LogP contribution in [0.2, 0.25) is 0 Å². The van der Waals surface area contributed by atoms with Crippen molar-refractivity contribution < 1.29 is 18.6 Å². The van der Waals surface area contributed by atoms with Crippen molar-refractivity contribution in [2.45, 2.75) is 0 Å². The van der Waals surface area contributed by atoms with E-state index in [-0.39, 0.29) is 5.75 Å². The van der Waals surface area contributed by atoms with Gasteiger partial charge in [0, 0.05) is 22.7 Å². The molecule has 3 aromatic rings. The first-order chi connectivity index (χ1) is 12.2. The van der Waals surface area contributed by atoms with Crippen LogP contribution in [0.1, 0.15) is 0 Å². The second-order valence-electron chi connectivity index (χ2n) is 5.37. The van der Waals surface area contributed by atoms with Crippen LogP contribution < -0.4 is 19.5 Å². The largest absolute Gasteiger partial charge is 0.494 e. The summed E-state index contributed by atoms with van der Waals surface area (Å²) in [5.41, 5.74) is 2.25. The summed E-state index contributed by atoms with van der Waals surface area (Å²) in [4.78, 5) is 4.51. The first kappa shape index (κ1) is 15.7. The molecule has 0 aliphatic carbocycles. The van der Waals surface area contributed by atoms with Crippen LogP contribution in [0, 0.1) is 5.82 Å². The summed E-state index contributed by atoms with van der Waals surface area (Å²) >= 11 is 1.44. The number of methoxy groups -OCH3 is 1. The fourth-order valence-corrected chi connectivity index (χ4v) is 3.27. The van der Waals surface area contributed by atoms with E-state index in [2.05, 4.69) is 10.3 Å². The normalized spacial score (nSPS) is 12.7. The minimum atomic E-state index is -0.408. The smallest absolute Gasteiger partial charge is 0.187 e. The average molecular weight is 358 g/mol. The van der Waals surface area contributed by atoms with E-state index in [4.69, 9.17) is 14.2 Å². The summed E-state index contributed by atoms with van der Waals surface area (Å²) < 4.78 is 29.9. The molecule has 0 atom stereocenters. The van der Waals surface area contributed by atoms with E-state index in [9.17, 15) is 4.39 Å². The molecule has 0 saturated carbocycles. The van der Waals surface area contributed by atoms with Crippen LogP contribution in [0.5, 0.6) is 17.2 Å². The maximum absolute atomic E-state index is 13.9. The molecule has 25 heavy (non-hydrogen) atoms. The molecule has 2 aromatic carbocycles. The third kappa shape index (κ3) is 3.23. The van der Waals surface area contributed by atoms with Crippen LogP contribution in [0.3, 0.4) is 0 Å². The molecule has 5 nitrogen and oxygen atoms in total. The minimum absolute atomic E-state index is 0.216. The topological polar surface area (TPSA) is 52.6 Å². The first-order valence-electron chi connectivity index (χ1n) is 7.69. The number of hydrogen-bond acceptors (Lipinski definition) is 6. The van der Waals surface area contributed by atoms with E-state index < -0.39 is 5.82 Å². The Morgan fingerprint density at radius 3 is 2.76 bits per heavy atom. The summed E-state index contributed by atoms with van der Waals surface area (Å²) in [5.74, 6) is 1.26. The zero-order valence-electron chi connectivity index (χ0n) is 13.4. The standard InChI is InChI=1S/C18H15FN2O3S/c1-22-15-4-2-11(8-13(15)19)14-10-25-18(21-14)20-12-3-5-16-17(9-12)24-7-6-23-16/h2-5,8-10H,6-7H2,1H3,(H,20,21). The number of thiazole rings is 1. The van der Waals surface area contributed by atoms with Crippen molar-refractivity contribution in [2.24, 2.45) is 0 Å². The molecule has 2 heterocycles. The van der Waals surface area contributed by atoms with Crippen LogP contribution in [0.15, 0.2) is 41.8 Å². The Morgan fingerprint density at radius 1 is 1.12 bits per heavy atom. The number of rotatable bonds is 4. The predicted octanol–water partition coefficient (Wildman–Crippen LogP) is 4.47.